The number of hydrogen-bond acceptors (Lipinski definition) is 2. The Balaban J connectivity index is 1.92. The second kappa shape index (κ2) is 6.34. The zero-order valence-electron chi connectivity index (χ0n) is 11.6. The van der Waals surface area contributed by atoms with E-state index in [2.05, 4.69) is 0 Å². The molecule has 0 atom stereocenters. The predicted molar refractivity (Wildman–Crippen MR) is 87.2 cm³/mol. The fourth-order valence-electron chi connectivity index (χ4n) is 2.21. The lowest BCUT2D eigenvalue weighted by atomic mass is 10.1. The highest BCUT2D eigenvalue weighted by Crippen LogP contribution is 2.35. The maximum atomic E-state index is 12.6. The molecule has 23 heavy (non-hydrogen) atoms. The lowest BCUT2D eigenvalue weighted by molar-refractivity contribution is -0.137. The van der Waals surface area contributed by atoms with Crippen molar-refractivity contribution in [1.82, 2.24) is 0 Å². The van der Waals surface area contributed by atoms with Crippen molar-refractivity contribution in [3.63, 3.8) is 0 Å². The van der Waals surface area contributed by atoms with Crippen molar-refractivity contribution in [2.45, 2.75) is 11.1 Å². The van der Waals surface area contributed by atoms with E-state index in [0.717, 1.165) is 38.8 Å². The van der Waals surface area contributed by atoms with E-state index in [9.17, 15) is 13.2 Å². The van der Waals surface area contributed by atoms with Gasteiger partial charge in [-0.1, -0.05) is 12.1 Å². The molecule has 118 valence electrons. The minimum Gasteiger partial charge on any atom is -0.457 e. The first-order chi connectivity index (χ1) is 11.0. The maximum absolute atomic E-state index is 12.6. The normalized spacial score (nSPS) is 11.7. The molecule has 0 saturated heterocycles. The topological polar surface area (TPSA) is 9.23 Å². The van der Waals surface area contributed by atoms with Gasteiger partial charge in [-0.05, 0) is 75.6 Å². The monoisotopic (exact) mass is 354 g/mol. The van der Waals surface area contributed by atoms with E-state index in [1.807, 2.05) is 30.3 Å². The fraction of sp³-hybridized carbons (Fsp3) is 0.0588. The number of alkyl halides is 3. The van der Waals surface area contributed by atoms with Crippen LogP contribution in [0.3, 0.4) is 0 Å². The Morgan fingerprint density at radius 1 is 0.913 bits per heavy atom. The first-order valence-electron chi connectivity index (χ1n) is 6.64. The van der Waals surface area contributed by atoms with E-state index >= 15 is 0 Å². The van der Waals surface area contributed by atoms with Crippen LogP contribution in [0.1, 0.15) is 5.56 Å². The summed E-state index contributed by atoms with van der Waals surface area (Å²) >= 11 is 0. The first-order valence-corrected chi connectivity index (χ1v) is 8.28. The molecule has 3 aromatic carbocycles. The van der Waals surface area contributed by atoms with Crippen LogP contribution >= 0.6 is 21.7 Å². The second-order valence-corrected chi connectivity index (χ2v) is 5.93. The molecule has 0 radical (unpaired) electrons. The van der Waals surface area contributed by atoms with Crippen LogP contribution < -0.4 is 4.74 Å². The van der Waals surface area contributed by atoms with Crippen LogP contribution in [0.2, 0.25) is 0 Å². The molecule has 0 bridgehead atoms. The smallest absolute Gasteiger partial charge is 0.416 e. The van der Waals surface area contributed by atoms with Gasteiger partial charge in [0, 0.05) is 10.3 Å². The molecule has 0 spiro atoms. The van der Waals surface area contributed by atoms with E-state index in [0.29, 0.717) is 11.5 Å². The first kappa shape index (κ1) is 16.0. The summed E-state index contributed by atoms with van der Waals surface area (Å²) in [7, 11) is 6.86. The molecular weight excluding hydrogens is 345 g/mol. The Labute approximate surface area is 139 Å². The van der Waals surface area contributed by atoms with Crippen LogP contribution in [-0.2, 0) is 6.18 Å². The SMILES string of the molecule is FC(F)(F)c1ccc(Oc2cccc3cc(SCl)ccc23)cc1. The van der Waals surface area contributed by atoms with E-state index in [1.54, 1.807) is 6.07 Å². The third kappa shape index (κ3) is 3.57. The lowest BCUT2D eigenvalue weighted by Crippen LogP contribution is -2.03. The highest BCUT2D eigenvalue weighted by atomic mass is 35.7. The van der Waals surface area contributed by atoms with Crippen LogP contribution in [0.4, 0.5) is 13.2 Å². The lowest BCUT2D eigenvalue weighted by Gasteiger charge is -2.11. The molecule has 0 aliphatic heterocycles. The number of benzene rings is 3. The number of ether oxygens (including phenoxy) is 1. The van der Waals surface area contributed by atoms with E-state index < -0.39 is 11.7 Å². The molecule has 6 heteroatoms. The average Bonchev–Trinajstić information content (AvgIpc) is 2.54. The van der Waals surface area contributed by atoms with Gasteiger partial charge in [-0.3, -0.25) is 0 Å². The second-order valence-electron chi connectivity index (χ2n) is 4.84. The zero-order chi connectivity index (χ0) is 16.4. The number of rotatable bonds is 3. The molecule has 1 nitrogen and oxygen atoms in total. The van der Waals surface area contributed by atoms with Gasteiger partial charge in [-0.2, -0.15) is 13.2 Å². The summed E-state index contributed by atoms with van der Waals surface area (Å²) in [6.07, 6.45) is -4.35. The molecule has 3 aromatic rings. The molecule has 0 aliphatic rings. The number of fused-ring (bicyclic) bond motifs is 1. The third-order valence-corrected chi connectivity index (χ3v) is 4.28. The molecule has 0 heterocycles. The molecule has 0 amide bonds. The van der Waals surface area contributed by atoms with Gasteiger partial charge in [0.05, 0.1) is 5.56 Å². The van der Waals surface area contributed by atoms with Gasteiger partial charge in [-0.25, -0.2) is 0 Å². The molecule has 0 N–H and O–H groups in total. The summed E-state index contributed by atoms with van der Waals surface area (Å²) in [5.74, 6) is 0.926. The van der Waals surface area contributed by atoms with Crippen molar-refractivity contribution in [3.05, 3.63) is 66.2 Å². The molecule has 0 fully saturated rings. The largest absolute Gasteiger partial charge is 0.457 e. The fourth-order valence-corrected chi connectivity index (χ4v) is 2.79. The van der Waals surface area contributed by atoms with Crippen molar-refractivity contribution >= 4 is 32.4 Å². The quantitative estimate of drug-likeness (QED) is 0.506. The van der Waals surface area contributed by atoms with Gasteiger partial charge in [0.25, 0.3) is 0 Å². The molecule has 0 unspecified atom stereocenters. The minimum absolute atomic E-state index is 0.348. The van der Waals surface area contributed by atoms with Gasteiger partial charge in [-0.15, -0.1) is 0 Å². The standard InChI is InChI=1S/C17H10ClF3OS/c18-23-14-8-9-15-11(10-14)2-1-3-16(15)22-13-6-4-12(5-7-13)17(19,20)21/h1-10H. The van der Waals surface area contributed by atoms with Crippen LogP contribution in [0.5, 0.6) is 11.5 Å². The highest BCUT2D eigenvalue weighted by Gasteiger charge is 2.30. The predicted octanol–water partition coefficient (Wildman–Crippen LogP) is 6.90. The van der Waals surface area contributed by atoms with Gasteiger partial charge in [0.1, 0.15) is 11.5 Å². The summed E-state index contributed by atoms with van der Waals surface area (Å²) in [6.45, 7) is 0. The Bertz CT molecular complexity index is 831. The maximum Gasteiger partial charge on any atom is 0.416 e. The molecule has 0 aromatic heterocycles. The van der Waals surface area contributed by atoms with Gasteiger partial charge in [0.2, 0.25) is 0 Å². The Hall–Kier alpha value is -1.85. The molecule has 3 rings (SSSR count). The Kier molecular flexibility index (Phi) is 4.41. The van der Waals surface area contributed by atoms with Gasteiger partial charge < -0.3 is 4.74 Å². The van der Waals surface area contributed by atoms with E-state index in [-0.39, 0.29) is 0 Å². The average molecular weight is 355 g/mol. The van der Waals surface area contributed by atoms with E-state index in [4.69, 9.17) is 15.4 Å². The van der Waals surface area contributed by atoms with Crippen molar-refractivity contribution in [1.29, 1.82) is 0 Å². The van der Waals surface area contributed by atoms with Crippen molar-refractivity contribution in [2.75, 3.05) is 0 Å². The van der Waals surface area contributed by atoms with Crippen LogP contribution in [-0.4, -0.2) is 0 Å². The molecular formula is C17H10ClF3OS. The van der Waals surface area contributed by atoms with Crippen molar-refractivity contribution in [3.8, 4) is 11.5 Å². The van der Waals surface area contributed by atoms with Crippen molar-refractivity contribution < 1.29 is 17.9 Å². The zero-order valence-corrected chi connectivity index (χ0v) is 13.2. The van der Waals surface area contributed by atoms with Crippen LogP contribution in [0.15, 0.2) is 65.6 Å². The highest BCUT2D eigenvalue weighted by molar-refractivity contribution is 8.21. The van der Waals surface area contributed by atoms with E-state index in [1.165, 1.54) is 12.1 Å². The minimum atomic E-state index is -4.35. The summed E-state index contributed by atoms with van der Waals surface area (Å²) in [5.41, 5.74) is -0.702. The molecule has 0 aliphatic carbocycles. The van der Waals surface area contributed by atoms with Crippen LogP contribution in [0, 0.1) is 0 Å². The summed E-state index contributed by atoms with van der Waals surface area (Å²) in [5, 5.41) is 1.81. The third-order valence-electron chi connectivity index (χ3n) is 3.31. The number of hydrogen-bond donors (Lipinski definition) is 0. The van der Waals surface area contributed by atoms with Gasteiger partial charge >= 0.3 is 6.18 Å². The van der Waals surface area contributed by atoms with Gasteiger partial charge in [0.15, 0.2) is 0 Å². The summed E-state index contributed by atoms with van der Waals surface area (Å²) < 4.78 is 43.4. The van der Waals surface area contributed by atoms with Crippen LogP contribution in [0.25, 0.3) is 10.8 Å². The van der Waals surface area contributed by atoms with Crippen molar-refractivity contribution in [2.24, 2.45) is 0 Å². The Morgan fingerprint density at radius 2 is 1.65 bits per heavy atom. The number of halogens is 4. The summed E-state index contributed by atoms with van der Waals surface area (Å²) in [4.78, 5) is 0.908. The Morgan fingerprint density at radius 3 is 2.30 bits per heavy atom. The molecule has 0 saturated carbocycles. The summed E-state index contributed by atoms with van der Waals surface area (Å²) in [6, 6.07) is 15.8.